The number of aryl methyl sites for hydroxylation is 1. The highest BCUT2D eigenvalue weighted by Crippen LogP contribution is 2.12. The number of benzene rings is 1. The predicted molar refractivity (Wildman–Crippen MR) is 73.1 cm³/mol. The van der Waals surface area contributed by atoms with Gasteiger partial charge in [-0.3, -0.25) is 4.79 Å². The van der Waals surface area contributed by atoms with Crippen LogP contribution in [0.2, 0.25) is 0 Å². The molecule has 3 nitrogen and oxygen atoms in total. The second kappa shape index (κ2) is 5.78. The van der Waals surface area contributed by atoms with Gasteiger partial charge in [-0.1, -0.05) is 39.3 Å². The first-order chi connectivity index (χ1) is 8.63. The highest BCUT2D eigenvalue weighted by atomic mass is 79.9. The number of allylic oxidation sites excluding steroid dienone is 1. The van der Waals surface area contributed by atoms with Crippen LogP contribution in [0.1, 0.15) is 17.0 Å². The van der Waals surface area contributed by atoms with Crippen molar-refractivity contribution in [3.05, 3.63) is 57.9 Å². The molecule has 0 aliphatic carbocycles. The van der Waals surface area contributed by atoms with Gasteiger partial charge in [0.05, 0.1) is 12.1 Å². The molecular formula is C14H12BrNO2. The first kappa shape index (κ1) is 12.8. The summed E-state index contributed by atoms with van der Waals surface area (Å²) in [6.45, 7) is 1.83. The fourth-order valence-corrected chi connectivity index (χ4v) is 1.76. The van der Waals surface area contributed by atoms with Gasteiger partial charge in [-0.25, -0.2) is 0 Å². The number of carbonyl (C=O) groups excluding carboxylic acids is 1. The van der Waals surface area contributed by atoms with Gasteiger partial charge in [-0.05, 0) is 30.7 Å². The van der Waals surface area contributed by atoms with E-state index in [4.69, 9.17) is 4.52 Å². The van der Waals surface area contributed by atoms with E-state index in [2.05, 4.69) is 21.1 Å². The number of rotatable bonds is 4. The molecule has 0 N–H and O–H groups in total. The third-order valence-electron chi connectivity index (χ3n) is 2.36. The van der Waals surface area contributed by atoms with E-state index in [1.807, 2.05) is 31.2 Å². The van der Waals surface area contributed by atoms with E-state index in [9.17, 15) is 4.79 Å². The summed E-state index contributed by atoms with van der Waals surface area (Å²) < 4.78 is 6.01. The first-order valence-electron chi connectivity index (χ1n) is 5.52. The molecule has 0 amide bonds. The molecule has 4 heteroatoms. The van der Waals surface area contributed by atoms with E-state index in [1.165, 1.54) is 0 Å². The van der Waals surface area contributed by atoms with Crippen molar-refractivity contribution in [3.8, 4) is 0 Å². The second-order valence-corrected chi connectivity index (χ2v) is 4.88. The van der Waals surface area contributed by atoms with Gasteiger partial charge in [0.25, 0.3) is 0 Å². The smallest absolute Gasteiger partial charge is 0.163 e. The summed E-state index contributed by atoms with van der Waals surface area (Å²) in [4.78, 5) is 11.7. The predicted octanol–water partition coefficient (Wildman–Crippen LogP) is 3.57. The number of ketones is 1. The molecule has 0 bridgehead atoms. The van der Waals surface area contributed by atoms with Crippen molar-refractivity contribution in [2.24, 2.45) is 0 Å². The van der Waals surface area contributed by atoms with Crippen molar-refractivity contribution in [2.45, 2.75) is 13.3 Å². The highest BCUT2D eigenvalue weighted by Gasteiger charge is 2.05. The van der Waals surface area contributed by atoms with E-state index >= 15 is 0 Å². The summed E-state index contributed by atoms with van der Waals surface area (Å²) in [5.74, 6) is 0.590. The van der Waals surface area contributed by atoms with Gasteiger partial charge in [0.2, 0.25) is 0 Å². The van der Waals surface area contributed by atoms with Gasteiger partial charge in [-0.2, -0.15) is 0 Å². The Morgan fingerprint density at radius 2 is 2.11 bits per heavy atom. The molecule has 0 radical (unpaired) electrons. The lowest BCUT2D eigenvalue weighted by Gasteiger charge is -1.93. The zero-order valence-corrected chi connectivity index (χ0v) is 11.5. The second-order valence-electron chi connectivity index (χ2n) is 3.96. The van der Waals surface area contributed by atoms with Crippen LogP contribution in [-0.4, -0.2) is 10.9 Å². The average molecular weight is 306 g/mol. The molecule has 0 aliphatic rings. The molecule has 0 atom stereocenters. The zero-order valence-electron chi connectivity index (χ0n) is 9.89. The summed E-state index contributed by atoms with van der Waals surface area (Å²) >= 11 is 3.36. The Labute approximate surface area is 114 Å². The standard InChI is InChI=1S/C14H12BrNO2/c1-10-8-14(18-16-10)9-13(17)7-4-11-2-5-12(15)6-3-11/h2-8H,9H2,1H3/b7-4-. The molecule has 1 aromatic heterocycles. The molecule has 0 saturated heterocycles. The third-order valence-corrected chi connectivity index (χ3v) is 2.89. The minimum Gasteiger partial charge on any atom is -0.361 e. The average Bonchev–Trinajstić information content (AvgIpc) is 2.74. The molecule has 0 unspecified atom stereocenters. The Bertz CT molecular complexity index is 570. The van der Waals surface area contributed by atoms with E-state index < -0.39 is 0 Å². The van der Waals surface area contributed by atoms with Gasteiger partial charge >= 0.3 is 0 Å². The molecular weight excluding hydrogens is 294 g/mol. The Morgan fingerprint density at radius 3 is 2.72 bits per heavy atom. The summed E-state index contributed by atoms with van der Waals surface area (Å²) in [5, 5.41) is 3.74. The minimum absolute atomic E-state index is 0.00549. The van der Waals surface area contributed by atoms with Crippen molar-refractivity contribution >= 4 is 27.8 Å². The summed E-state index contributed by atoms with van der Waals surface area (Å²) in [5.41, 5.74) is 1.77. The Balaban J connectivity index is 1.96. The number of halogens is 1. The monoisotopic (exact) mass is 305 g/mol. The molecule has 2 aromatic rings. The maximum atomic E-state index is 11.7. The van der Waals surface area contributed by atoms with Crippen LogP contribution in [-0.2, 0) is 11.2 Å². The maximum Gasteiger partial charge on any atom is 0.163 e. The van der Waals surface area contributed by atoms with Crippen molar-refractivity contribution in [1.82, 2.24) is 5.16 Å². The van der Waals surface area contributed by atoms with E-state index in [0.717, 1.165) is 15.7 Å². The minimum atomic E-state index is -0.00549. The molecule has 1 heterocycles. The van der Waals surface area contributed by atoms with Gasteiger partial charge in [0, 0.05) is 10.5 Å². The number of aromatic nitrogens is 1. The quantitative estimate of drug-likeness (QED) is 0.811. The molecule has 18 heavy (non-hydrogen) atoms. The molecule has 0 spiro atoms. The zero-order chi connectivity index (χ0) is 13.0. The molecule has 1 aromatic carbocycles. The SMILES string of the molecule is Cc1cc(CC(=O)/C=C\c2ccc(Br)cc2)on1. The van der Waals surface area contributed by atoms with Crippen LogP contribution in [0.4, 0.5) is 0 Å². The molecule has 0 saturated carbocycles. The summed E-state index contributed by atoms with van der Waals surface area (Å²) in [6.07, 6.45) is 3.59. The van der Waals surface area contributed by atoms with Crippen LogP contribution < -0.4 is 0 Å². The van der Waals surface area contributed by atoms with Gasteiger partial charge in [0.1, 0.15) is 5.76 Å². The van der Waals surface area contributed by atoms with Crippen LogP contribution in [0.3, 0.4) is 0 Å². The van der Waals surface area contributed by atoms with Gasteiger partial charge < -0.3 is 4.52 Å². The van der Waals surface area contributed by atoms with Crippen LogP contribution in [0.5, 0.6) is 0 Å². The Hall–Kier alpha value is -1.68. The number of hydrogen-bond donors (Lipinski definition) is 0. The van der Waals surface area contributed by atoms with Crippen molar-refractivity contribution < 1.29 is 9.32 Å². The molecule has 0 aliphatic heterocycles. The summed E-state index contributed by atoms with van der Waals surface area (Å²) in [7, 11) is 0. The number of nitrogens with zero attached hydrogens (tertiary/aromatic N) is 1. The first-order valence-corrected chi connectivity index (χ1v) is 6.31. The molecule has 92 valence electrons. The Morgan fingerprint density at radius 1 is 1.39 bits per heavy atom. The lowest BCUT2D eigenvalue weighted by atomic mass is 10.1. The van der Waals surface area contributed by atoms with Gasteiger partial charge in [0.15, 0.2) is 5.78 Å². The lowest BCUT2D eigenvalue weighted by Crippen LogP contribution is -1.96. The van der Waals surface area contributed by atoms with Crippen LogP contribution >= 0.6 is 15.9 Å². The van der Waals surface area contributed by atoms with Crippen molar-refractivity contribution in [3.63, 3.8) is 0 Å². The summed E-state index contributed by atoms with van der Waals surface area (Å²) in [6, 6.07) is 9.51. The fourth-order valence-electron chi connectivity index (χ4n) is 1.49. The van der Waals surface area contributed by atoms with Crippen LogP contribution in [0.25, 0.3) is 6.08 Å². The topological polar surface area (TPSA) is 43.1 Å². The van der Waals surface area contributed by atoms with Crippen LogP contribution in [0.15, 0.2) is 45.4 Å². The fraction of sp³-hybridized carbons (Fsp3) is 0.143. The van der Waals surface area contributed by atoms with Gasteiger partial charge in [-0.15, -0.1) is 0 Å². The van der Waals surface area contributed by atoms with E-state index in [1.54, 1.807) is 18.2 Å². The maximum absolute atomic E-state index is 11.7. The third kappa shape index (κ3) is 3.67. The number of hydrogen-bond acceptors (Lipinski definition) is 3. The largest absolute Gasteiger partial charge is 0.361 e. The van der Waals surface area contributed by atoms with Crippen LogP contribution in [0, 0.1) is 6.92 Å². The lowest BCUT2D eigenvalue weighted by molar-refractivity contribution is -0.114. The Kier molecular flexibility index (Phi) is 4.10. The van der Waals surface area contributed by atoms with E-state index in [0.29, 0.717) is 5.76 Å². The molecule has 2 rings (SSSR count). The van der Waals surface area contributed by atoms with E-state index in [-0.39, 0.29) is 12.2 Å². The highest BCUT2D eigenvalue weighted by molar-refractivity contribution is 9.10. The van der Waals surface area contributed by atoms with Crippen molar-refractivity contribution in [1.29, 1.82) is 0 Å². The number of carbonyl (C=O) groups is 1. The van der Waals surface area contributed by atoms with Crippen molar-refractivity contribution in [2.75, 3.05) is 0 Å². The normalized spacial score (nSPS) is 11.0. The molecule has 0 fully saturated rings.